The number of ether oxygens (including phenoxy) is 1. The summed E-state index contributed by atoms with van der Waals surface area (Å²) in [5.41, 5.74) is 4.79. The molecule has 128 valence electrons. The number of carbonyl (C=O) groups is 1. The zero-order valence-corrected chi connectivity index (χ0v) is 15.6. The molecule has 0 saturated carbocycles. The van der Waals surface area contributed by atoms with Crippen molar-refractivity contribution >= 4 is 17.5 Å². The van der Waals surface area contributed by atoms with Gasteiger partial charge in [0.25, 0.3) is 5.91 Å². The molecular formula is C20H24ClNO2. The fourth-order valence-electron chi connectivity index (χ4n) is 2.63. The maximum atomic E-state index is 12.4. The van der Waals surface area contributed by atoms with Gasteiger partial charge in [0.15, 0.2) is 6.10 Å². The lowest BCUT2D eigenvalue weighted by Gasteiger charge is -2.21. The van der Waals surface area contributed by atoms with Crippen LogP contribution in [0, 0.1) is 20.8 Å². The molecular weight excluding hydrogens is 322 g/mol. The van der Waals surface area contributed by atoms with Crippen LogP contribution < -0.4 is 10.1 Å². The number of hydrogen-bond acceptors (Lipinski definition) is 2. The van der Waals surface area contributed by atoms with Crippen molar-refractivity contribution in [1.82, 2.24) is 5.32 Å². The lowest BCUT2D eigenvalue weighted by atomic mass is 9.96. The van der Waals surface area contributed by atoms with Crippen molar-refractivity contribution in [1.29, 1.82) is 0 Å². The monoisotopic (exact) mass is 345 g/mol. The Balaban J connectivity index is 2.03. The lowest BCUT2D eigenvalue weighted by molar-refractivity contribution is -0.127. The summed E-state index contributed by atoms with van der Waals surface area (Å²) < 4.78 is 5.67. The maximum Gasteiger partial charge on any atom is 0.261 e. The SMILES string of the molecule is Cc1cc(C)c([C@@H](C)NC(=O)[C@H](C)Oc2ccc(Cl)cc2)cc1C. The molecule has 0 spiro atoms. The van der Waals surface area contributed by atoms with E-state index in [0.29, 0.717) is 10.8 Å². The van der Waals surface area contributed by atoms with Crippen LogP contribution in [-0.4, -0.2) is 12.0 Å². The number of benzene rings is 2. The van der Waals surface area contributed by atoms with Crippen LogP contribution >= 0.6 is 11.6 Å². The molecule has 1 amide bonds. The summed E-state index contributed by atoms with van der Waals surface area (Å²) in [5, 5.41) is 3.66. The van der Waals surface area contributed by atoms with Gasteiger partial charge in [-0.3, -0.25) is 4.79 Å². The van der Waals surface area contributed by atoms with Gasteiger partial charge in [-0.1, -0.05) is 23.7 Å². The van der Waals surface area contributed by atoms with Gasteiger partial charge < -0.3 is 10.1 Å². The number of hydrogen-bond donors (Lipinski definition) is 1. The van der Waals surface area contributed by atoms with Gasteiger partial charge in [0.05, 0.1) is 6.04 Å². The van der Waals surface area contributed by atoms with Crippen LogP contribution in [0.3, 0.4) is 0 Å². The van der Waals surface area contributed by atoms with Crippen LogP contribution in [0.15, 0.2) is 36.4 Å². The minimum Gasteiger partial charge on any atom is -0.481 e. The average molecular weight is 346 g/mol. The van der Waals surface area contributed by atoms with E-state index in [1.165, 1.54) is 16.7 Å². The third-order valence-electron chi connectivity index (χ3n) is 4.20. The average Bonchev–Trinajstić information content (AvgIpc) is 2.52. The molecule has 2 aromatic rings. The van der Waals surface area contributed by atoms with Gasteiger partial charge >= 0.3 is 0 Å². The fourth-order valence-corrected chi connectivity index (χ4v) is 2.75. The van der Waals surface area contributed by atoms with Crippen molar-refractivity contribution < 1.29 is 9.53 Å². The minimum atomic E-state index is -0.583. The van der Waals surface area contributed by atoms with Gasteiger partial charge in [-0.05, 0) is 81.1 Å². The predicted molar refractivity (Wildman–Crippen MR) is 98.8 cm³/mol. The van der Waals surface area contributed by atoms with Gasteiger partial charge in [0.1, 0.15) is 5.75 Å². The first-order valence-corrected chi connectivity index (χ1v) is 8.46. The summed E-state index contributed by atoms with van der Waals surface area (Å²) >= 11 is 5.85. The topological polar surface area (TPSA) is 38.3 Å². The molecule has 4 heteroatoms. The predicted octanol–water partition coefficient (Wildman–Crippen LogP) is 4.91. The largest absolute Gasteiger partial charge is 0.481 e. The van der Waals surface area contributed by atoms with E-state index in [4.69, 9.17) is 16.3 Å². The Kier molecular flexibility index (Phi) is 5.89. The van der Waals surface area contributed by atoms with E-state index in [2.05, 4.69) is 38.2 Å². The molecule has 0 saturated heterocycles. The summed E-state index contributed by atoms with van der Waals surface area (Å²) in [4.78, 5) is 12.4. The van der Waals surface area contributed by atoms with Crippen molar-refractivity contribution in [3.8, 4) is 5.75 Å². The fraction of sp³-hybridized carbons (Fsp3) is 0.350. The van der Waals surface area contributed by atoms with Crippen LogP contribution in [-0.2, 0) is 4.79 Å². The van der Waals surface area contributed by atoms with Gasteiger partial charge in [0.2, 0.25) is 0 Å². The van der Waals surface area contributed by atoms with E-state index >= 15 is 0 Å². The summed E-state index contributed by atoms with van der Waals surface area (Å²) in [6.45, 7) is 9.97. The Morgan fingerprint density at radius 2 is 1.58 bits per heavy atom. The van der Waals surface area contributed by atoms with Crippen molar-refractivity contribution in [3.05, 3.63) is 63.7 Å². The molecule has 0 aliphatic rings. The Morgan fingerprint density at radius 1 is 1.00 bits per heavy atom. The molecule has 24 heavy (non-hydrogen) atoms. The highest BCUT2D eigenvalue weighted by atomic mass is 35.5. The molecule has 0 fully saturated rings. The van der Waals surface area contributed by atoms with Crippen molar-refractivity contribution in [2.24, 2.45) is 0 Å². The second kappa shape index (κ2) is 7.71. The van der Waals surface area contributed by atoms with Gasteiger partial charge in [-0.2, -0.15) is 0 Å². The number of carbonyl (C=O) groups excluding carboxylic acids is 1. The zero-order chi connectivity index (χ0) is 17.9. The number of nitrogens with one attached hydrogen (secondary N) is 1. The molecule has 0 heterocycles. The summed E-state index contributed by atoms with van der Waals surface area (Å²) in [7, 11) is 0. The number of amides is 1. The molecule has 0 aliphatic carbocycles. The smallest absolute Gasteiger partial charge is 0.261 e. The zero-order valence-electron chi connectivity index (χ0n) is 14.8. The van der Waals surface area contributed by atoms with Crippen LogP contribution in [0.4, 0.5) is 0 Å². The Morgan fingerprint density at radius 3 is 2.21 bits per heavy atom. The molecule has 0 unspecified atom stereocenters. The van der Waals surface area contributed by atoms with E-state index in [1.807, 2.05) is 6.92 Å². The van der Waals surface area contributed by atoms with Crippen LogP contribution in [0.1, 0.15) is 42.1 Å². The van der Waals surface area contributed by atoms with E-state index in [-0.39, 0.29) is 11.9 Å². The first-order valence-electron chi connectivity index (χ1n) is 8.08. The number of aryl methyl sites for hydroxylation is 3. The molecule has 0 bridgehead atoms. The van der Waals surface area contributed by atoms with Crippen LogP contribution in [0.5, 0.6) is 5.75 Å². The Hall–Kier alpha value is -2.00. The van der Waals surface area contributed by atoms with E-state index in [1.54, 1.807) is 31.2 Å². The maximum absolute atomic E-state index is 12.4. The second-order valence-electron chi connectivity index (χ2n) is 6.24. The summed E-state index contributed by atoms with van der Waals surface area (Å²) in [6, 6.07) is 11.2. The quantitative estimate of drug-likeness (QED) is 0.836. The standard InChI is InChI=1S/C20H24ClNO2/c1-12-10-14(3)19(11-13(12)2)15(4)22-20(23)16(5)24-18-8-6-17(21)7-9-18/h6-11,15-16H,1-5H3,(H,22,23)/t15-,16+/m1/s1. The highest BCUT2D eigenvalue weighted by Gasteiger charge is 2.19. The second-order valence-corrected chi connectivity index (χ2v) is 6.67. The molecule has 0 radical (unpaired) electrons. The normalized spacial score (nSPS) is 13.2. The number of rotatable bonds is 5. The van der Waals surface area contributed by atoms with E-state index < -0.39 is 6.10 Å². The Bertz CT molecular complexity index is 725. The summed E-state index contributed by atoms with van der Waals surface area (Å²) in [6.07, 6.45) is -0.583. The third kappa shape index (κ3) is 4.51. The van der Waals surface area contributed by atoms with E-state index in [0.717, 1.165) is 5.56 Å². The van der Waals surface area contributed by atoms with Crippen molar-refractivity contribution in [2.45, 2.75) is 46.8 Å². The molecule has 0 aromatic heterocycles. The van der Waals surface area contributed by atoms with Gasteiger partial charge in [-0.25, -0.2) is 0 Å². The van der Waals surface area contributed by atoms with E-state index in [9.17, 15) is 4.79 Å². The molecule has 2 aromatic carbocycles. The van der Waals surface area contributed by atoms with Gasteiger partial charge in [-0.15, -0.1) is 0 Å². The molecule has 1 N–H and O–H groups in total. The molecule has 2 atom stereocenters. The van der Waals surface area contributed by atoms with Gasteiger partial charge in [0, 0.05) is 5.02 Å². The molecule has 2 rings (SSSR count). The Labute approximate surface area is 149 Å². The highest BCUT2D eigenvalue weighted by molar-refractivity contribution is 6.30. The van der Waals surface area contributed by atoms with Crippen LogP contribution in [0.25, 0.3) is 0 Å². The number of halogens is 1. The van der Waals surface area contributed by atoms with Crippen molar-refractivity contribution in [3.63, 3.8) is 0 Å². The van der Waals surface area contributed by atoms with Crippen molar-refractivity contribution in [2.75, 3.05) is 0 Å². The highest BCUT2D eigenvalue weighted by Crippen LogP contribution is 2.22. The third-order valence-corrected chi connectivity index (χ3v) is 4.46. The summed E-state index contributed by atoms with van der Waals surface area (Å²) in [5.74, 6) is 0.479. The molecule has 3 nitrogen and oxygen atoms in total. The van der Waals surface area contributed by atoms with Crippen LogP contribution in [0.2, 0.25) is 5.02 Å². The lowest BCUT2D eigenvalue weighted by Crippen LogP contribution is -2.38. The molecule has 0 aliphatic heterocycles. The first-order chi connectivity index (χ1) is 11.3. The minimum absolute atomic E-state index is 0.0759. The first kappa shape index (κ1) is 18.3.